The first-order valence-electron chi connectivity index (χ1n) is 11.3. The fourth-order valence-corrected chi connectivity index (χ4v) is 5.20. The Morgan fingerprint density at radius 1 is 1.12 bits per heavy atom. The third-order valence-corrected chi connectivity index (χ3v) is 7.08. The van der Waals surface area contributed by atoms with Gasteiger partial charge in [0.1, 0.15) is 11.5 Å². The van der Waals surface area contributed by atoms with Crippen LogP contribution in [0.5, 0.6) is 11.5 Å². The number of nitrogens with zero attached hydrogens (tertiary/aromatic N) is 2. The van der Waals surface area contributed by atoms with Gasteiger partial charge in [0.15, 0.2) is 0 Å². The molecule has 0 unspecified atom stereocenters. The van der Waals surface area contributed by atoms with Gasteiger partial charge in [-0.05, 0) is 68.6 Å². The monoisotopic (exact) mass is 447 g/mol. The van der Waals surface area contributed by atoms with Crippen LogP contribution < -0.4 is 9.47 Å². The van der Waals surface area contributed by atoms with E-state index < -0.39 is 0 Å². The SMILES string of the molecule is COc1ccc2[nH]cc(C3=CCN(CCCCOc4ccc5sc(C)nc5c4)CC3)c2c1. The van der Waals surface area contributed by atoms with Crippen LogP contribution in [0.4, 0.5) is 0 Å². The molecule has 0 saturated heterocycles. The second kappa shape index (κ2) is 9.35. The number of aromatic nitrogens is 2. The van der Waals surface area contributed by atoms with Crippen molar-refractivity contribution in [3.8, 4) is 11.5 Å². The number of thiazole rings is 1. The maximum atomic E-state index is 5.96. The number of fused-ring (bicyclic) bond motifs is 2. The van der Waals surface area contributed by atoms with E-state index in [1.165, 1.54) is 21.2 Å². The number of H-pyrrole nitrogens is 1. The highest BCUT2D eigenvalue weighted by Gasteiger charge is 2.16. The first-order valence-corrected chi connectivity index (χ1v) is 12.1. The molecule has 2 aromatic carbocycles. The van der Waals surface area contributed by atoms with Gasteiger partial charge in [-0.15, -0.1) is 11.3 Å². The number of unbranched alkanes of at least 4 members (excludes halogenated alkanes) is 1. The fourth-order valence-electron chi connectivity index (χ4n) is 4.39. The molecule has 0 radical (unpaired) electrons. The summed E-state index contributed by atoms with van der Waals surface area (Å²) in [5.74, 6) is 1.82. The molecule has 0 atom stereocenters. The average Bonchev–Trinajstić information content (AvgIpc) is 3.41. The topological polar surface area (TPSA) is 50.4 Å². The lowest BCUT2D eigenvalue weighted by atomic mass is 9.98. The predicted molar refractivity (Wildman–Crippen MR) is 133 cm³/mol. The number of hydrogen-bond acceptors (Lipinski definition) is 5. The van der Waals surface area contributed by atoms with Gasteiger partial charge in [-0.2, -0.15) is 0 Å². The molecule has 0 bridgehead atoms. The Bertz CT molecular complexity index is 1260. The molecule has 6 heteroatoms. The van der Waals surface area contributed by atoms with Crippen molar-refractivity contribution in [2.24, 2.45) is 0 Å². The molecule has 0 spiro atoms. The smallest absolute Gasteiger partial charge is 0.121 e. The molecule has 1 N–H and O–H groups in total. The maximum absolute atomic E-state index is 5.96. The largest absolute Gasteiger partial charge is 0.497 e. The minimum atomic E-state index is 0.751. The van der Waals surface area contributed by atoms with Gasteiger partial charge in [-0.1, -0.05) is 6.08 Å². The summed E-state index contributed by atoms with van der Waals surface area (Å²) in [4.78, 5) is 10.5. The molecule has 166 valence electrons. The van der Waals surface area contributed by atoms with Gasteiger partial charge in [-0.25, -0.2) is 4.98 Å². The van der Waals surface area contributed by atoms with Crippen molar-refractivity contribution < 1.29 is 9.47 Å². The third kappa shape index (κ3) is 4.52. The maximum Gasteiger partial charge on any atom is 0.121 e. The number of nitrogens with one attached hydrogen (secondary N) is 1. The average molecular weight is 448 g/mol. The summed E-state index contributed by atoms with van der Waals surface area (Å²) in [6.45, 7) is 6.01. The van der Waals surface area contributed by atoms with Gasteiger partial charge in [0.2, 0.25) is 0 Å². The predicted octanol–water partition coefficient (Wildman–Crippen LogP) is 6.04. The van der Waals surface area contributed by atoms with Crippen LogP contribution in [0, 0.1) is 6.92 Å². The zero-order chi connectivity index (χ0) is 21.9. The van der Waals surface area contributed by atoms with Crippen molar-refractivity contribution in [1.29, 1.82) is 0 Å². The lowest BCUT2D eigenvalue weighted by Crippen LogP contribution is -2.29. The highest BCUT2D eigenvalue weighted by atomic mass is 32.1. The van der Waals surface area contributed by atoms with Crippen LogP contribution in [0.3, 0.4) is 0 Å². The van der Waals surface area contributed by atoms with Gasteiger partial charge in [-0.3, -0.25) is 4.90 Å². The van der Waals surface area contributed by atoms with Gasteiger partial charge in [0.05, 0.1) is 28.9 Å². The van der Waals surface area contributed by atoms with E-state index in [2.05, 4.69) is 57.5 Å². The van der Waals surface area contributed by atoms with Crippen LogP contribution in [0.2, 0.25) is 0 Å². The summed E-state index contributed by atoms with van der Waals surface area (Å²) < 4.78 is 12.6. The molecule has 3 heterocycles. The Balaban J connectivity index is 1.09. The van der Waals surface area contributed by atoms with E-state index in [1.54, 1.807) is 18.4 Å². The van der Waals surface area contributed by atoms with Crippen LogP contribution in [0.15, 0.2) is 48.7 Å². The summed E-state index contributed by atoms with van der Waals surface area (Å²) in [6, 6.07) is 12.4. The molecule has 32 heavy (non-hydrogen) atoms. The normalized spacial score (nSPS) is 14.8. The second-order valence-corrected chi connectivity index (χ2v) is 9.55. The van der Waals surface area contributed by atoms with Crippen molar-refractivity contribution in [3.63, 3.8) is 0 Å². The van der Waals surface area contributed by atoms with E-state index in [9.17, 15) is 0 Å². The first kappa shape index (κ1) is 21.0. The van der Waals surface area contributed by atoms with Crippen molar-refractivity contribution in [2.75, 3.05) is 33.4 Å². The second-order valence-electron chi connectivity index (χ2n) is 8.31. The van der Waals surface area contributed by atoms with E-state index in [-0.39, 0.29) is 0 Å². The standard InChI is InChI=1S/C26H29N3O2S/c1-18-28-25-16-21(6-8-26(25)32-18)31-14-4-3-11-29-12-9-19(10-13-29)23-17-27-24-7-5-20(30-2)15-22(23)24/h5-9,15-17,27H,3-4,10-14H2,1-2H3. The Labute approximate surface area is 192 Å². The van der Waals surface area contributed by atoms with Crippen LogP contribution in [-0.2, 0) is 0 Å². The van der Waals surface area contributed by atoms with Crippen molar-refractivity contribution in [1.82, 2.24) is 14.9 Å². The minimum absolute atomic E-state index is 0.751. The number of methoxy groups -OCH3 is 1. The Morgan fingerprint density at radius 2 is 2.03 bits per heavy atom. The number of rotatable bonds is 8. The number of hydrogen-bond donors (Lipinski definition) is 1. The first-order chi connectivity index (χ1) is 15.7. The quantitative estimate of drug-likeness (QED) is 0.334. The van der Waals surface area contributed by atoms with Crippen molar-refractivity contribution >= 4 is 38.0 Å². The molecule has 0 amide bonds. The zero-order valence-corrected chi connectivity index (χ0v) is 19.5. The molecular formula is C26H29N3O2S. The van der Waals surface area contributed by atoms with E-state index in [4.69, 9.17) is 9.47 Å². The fraction of sp³-hybridized carbons (Fsp3) is 0.346. The van der Waals surface area contributed by atoms with E-state index in [0.717, 1.165) is 73.0 Å². The van der Waals surface area contributed by atoms with Crippen LogP contribution >= 0.6 is 11.3 Å². The summed E-state index contributed by atoms with van der Waals surface area (Å²) in [7, 11) is 1.72. The molecule has 2 aromatic heterocycles. The van der Waals surface area contributed by atoms with Gasteiger partial charge < -0.3 is 14.5 Å². The van der Waals surface area contributed by atoms with E-state index in [0.29, 0.717) is 0 Å². The highest BCUT2D eigenvalue weighted by Crippen LogP contribution is 2.31. The van der Waals surface area contributed by atoms with Gasteiger partial charge >= 0.3 is 0 Å². The number of ether oxygens (including phenoxy) is 2. The zero-order valence-electron chi connectivity index (χ0n) is 18.7. The third-order valence-electron chi connectivity index (χ3n) is 6.13. The number of benzene rings is 2. The van der Waals surface area contributed by atoms with Crippen molar-refractivity contribution in [3.05, 3.63) is 59.2 Å². The Hall–Kier alpha value is -2.83. The summed E-state index contributed by atoms with van der Waals surface area (Å²) in [6.07, 6.45) is 7.79. The molecule has 0 fully saturated rings. The minimum Gasteiger partial charge on any atom is -0.497 e. The van der Waals surface area contributed by atoms with Crippen LogP contribution in [0.25, 0.3) is 26.7 Å². The molecule has 4 aromatic rings. The van der Waals surface area contributed by atoms with Crippen molar-refractivity contribution in [2.45, 2.75) is 26.2 Å². The van der Waals surface area contributed by atoms with Crippen LogP contribution in [-0.4, -0.2) is 48.2 Å². The molecule has 5 nitrogen and oxygen atoms in total. The Morgan fingerprint density at radius 3 is 2.88 bits per heavy atom. The van der Waals surface area contributed by atoms with Crippen LogP contribution in [0.1, 0.15) is 29.8 Å². The lowest BCUT2D eigenvalue weighted by molar-refractivity contribution is 0.265. The molecule has 1 aliphatic heterocycles. The molecule has 1 aliphatic rings. The van der Waals surface area contributed by atoms with E-state index >= 15 is 0 Å². The molecular weight excluding hydrogens is 418 g/mol. The molecule has 5 rings (SSSR count). The number of aromatic amines is 1. The van der Waals surface area contributed by atoms with E-state index in [1.807, 2.05) is 13.0 Å². The van der Waals surface area contributed by atoms with Gasteiger partial charge in [0, 0.05) is 41.8 Å². The highest BCUT2D eigenvalue weighted by molar-refractivity contribution is 7.18. The summed E-state index contributed by atoms with van der Waals surface area (Å²) in [5, 5.41) is 2.34. The molecule has 0 saturated carbocycles. The summed E-state index contributed by atoms with van der Waals surface area (Å²) >= 11 is 1.73. The lowest BCUT2D eigenvalue weighted by Gasteiger charge is -2.26. The molecule has 0 aliphatic carbocycles. The number of aryl methyl sites for hydroxylation is 1. The van der Waals surface area contributed by atoms with Gasteiger partial charge in [0.25, 0.3) is 0 Å². The Kier molecular flexibility index (Phi) is 6.14. The summed E-state index contributed by atoms with van der Waals surface area (Å²) in [5.41, 5.74) is 4.93.